The van der Waals surface area contributed by atoms with E-state index in [0.29, 0.717) is 10.5 Å². The second-order valence-electron chi connectivity index (χ2n) is 3.79. The second-order valence-corrected chi connectivity index (χ2v) is 4.78. The molecule has 2 rings (SSSR count). The first-order chi connectivity index (χ1) is 7.61. The third-order valence-corrected chi connectivity index (χ3v) is 3.26. The number of hydrogen-bond donors (Lipinski definition) is 0. The van der Waals surface area contributed by atoms with Crippen LogP contribution in [0.2, 0.25) is 0 Å². The molecule has 0 amide bonds. The zero-order valence-electron chi connectivity index (χ0n) is 9.05. The predicted molar refractivity (Wildman–Crippen MR) is 68.7 cm³/mol. The zero-order chi connectivity index (χ0) is 11.7. The maximum atomic E-state index is 5.88. The number of benzene rings is 1. The molecule has 0 spiro atoms. The number of halogens is 2. The normalized spacial score (nSPS) is 10.8. The van der Waals surface area contributed by atoms with E-state index in [0.717, 1.165) is 16.8 Å². The Morgan fingerprint density at radius 2 is 1.88 bits per heavy atom. The van der Waals surface area contributed by atoms with E-state index in [1.165, 1.54) is 11.1 Å². The predicted octanol–water partition coefficient (Wildman–Crippen LogP) is 4.46. The quantitative estimate of drug-likeness (QED) is 0.765. The summed E-state index contributed by atoms with van der Waals surface area (Å²) in [4.78, 5) is 0. The Balaban J connectivity index is 2.58. The molecule has 84 valence electrons. The van der Waals surface area contributed by atoms with Crippen molar-refractivity contribution in [3.8, 4) is 11.3 Å². The first-order valence-corrected chi connectivity index (χ1v) is 6.23. The topological polar surface area (TPSA) is 26.0 Å². The number of aryl methyl sites for hydroxylation is 2. The highest BCUT2D eigenvalue weighted by molar-refractivity contribution is 9.10. The van der Waals surface area contributed by atoms with Gasteiger partial charge in [-0.05, 0) is 41.9 Å². The van der Waals surface area contributed by atoms with E-state index in [2.05, 4.69) is 53.1 Å². The van der Waals surface area contributed by atoms with Crippen molar-refractivity contribution in [2.45, 2.75) is 19.7 Å². The minimum atomic E-state index is 0.381. The monoisotopic (exact) mass is 299 g/mol. The van der Waals surface area contributed by atoms with Crippen LogP contribution in [0.3, 0.4) is 0 Å². The molecule has 2 aromatic rings. The fourth-order valence-electron chi connectivity index (χ4n) is 1.74. The van der Waals surface area contributed by atoms with Gasteiger partial charge in [0.25, 0.3) is 0 Å². The van der Waals surface area contributed by atoms with E-state index in [4.69, 9.17) is 16.1 Å². The molecule has 1 aromatic heterocycles. The van der Waals surface area contributed by atoms with Gasteiger partial charge in [0.2, 0.25) is 4.67 Å². The fourth-order valence-corrected chi connectivity index (χ4v) is 2.55. The summed E-state index contributed by atoms with van der Waals surface area (Å²) in [6.07, 6.45) is 0. The van der Waals surface area contributed by atoms with E-state index in [9.17, 15) is 0 Å². The molecule has 1 heterocycles. The van der Waals surface area contributed by atoms with Crippen molar-refractivity contribution in [1.82, 2.24) is 5.16 Å². The van der Waals surface area contributed by atoms with Crippen molar-refractivity contribution in [3.05, 3.63) is 39.6 Å². The molecule has 0 bridgehead atoms. The Labute approximate surface area is 108 Å². The van der Waals surface area contributed by atoms with Gasteiger partial charge in [-0.15, -0.1) is 11.6 Å². The number of rotatable bonds is 2. The van der Waals surface area contributed by atoms with Crippen LogP contribution in [0.4, 0.5) is 0 Å². The van der Waals surface area contributed by atoms with Crippen LogP contribution in [0.15, 0.2) is 27.4 Å². The van der Waals surface area contributed by atoms with Crippen molar-refractivity contribution >= 4 is 27.5 Å². The summed E-state index contributed by atoms with van der Waals surface area (Å²) >= 11 is 9.18. The standard InChI is InChI=1S/C12H11BrClNO/c1-7-3-8(2)5-9(4-7)11-10(6-14)12(13)16-15-11/h3-5H,6H2,1-2H3. The van der Waals surface area contributed by atoms with Gasteiger partial charge in [-0.25, -0.2) is 0 Å². The Hall–Kier alpha value is -0.800. The zero-order valence-corrected chi connectivity index (χ0v) is 11.4. The van der Waals surface area contributed by atoms with Crippen LogP contribution in [0, 0.1) is 13.8 Å². The minimum Gasteiger partial charge on any atom is -0.348 e. The molecule has 0 radical (unpaired) electrons. The summed E-state index contributed by atoms with van der Waals surface area (Å²) in [7, 11) is 0. The lowest BCUT2D eigenvalue weighted by atomic mass is 10.0. The minimum absolute atomic E-state index is 0.381. The average Bonchev–Trinajstić information content (AvgIpc) is 2.58. The lowest BCUT2D eigenvalue weighted by molar-refractivity contribution is 0.401. The van der Waals surface area contributed by atoms with Gasteiger partial charge in [0.15, 0.2) is 0 Å². The van der Waals surface area contributed by atoms with Gasteiger partial charge >= 0.3 is 0 Å². The molecule has 1 aromatic carbocycles. The highest BCUT2D eigenvalue weighted by atomic mass is 79.9. The molecule has 0 N–H and O–H groups in total. The molecule has 4 heteroatoms. The highest BCUT2D eigenvalue weighted by Gasteiger charge is 2.15. The van der Waals surface area contributed by atoms with Crippen LogP contribution in [0.1, 0.15) is 16.7 Å². The maximum Gasteiger partial charge on any atom is 0.206 e. The molecular weight excluding hydrogens is 289 g/mol. The Morgan fingerprint density at radius 3 is 2.44 bits per heavy atom. The maximum absolute atomic E-state index is 5.88. The van der Waals surface area contributed by atoms with Crippen LogP contribution < -0.4 is 0 Å². The number of nitrogens with zero attached hydrogens (tertiary/aromatic N) is 1. The summed E-state index contributed by atoms with van der Waals surface area (Å²) in [5, 5.41) is 4.03. The van der Waals surface area contributed by atoms with Crippen molar-refractivity contribution in [2.24, 2.45) is 0 Å². The lowest BCUT2D eigenvalue weighted by Gasteiger charge is -2.02. The SMILES string of the molecule is Cc1cc(C)cc(-c2noc(Br)c2CCl)c1. The summed E-state index contributed by atoms with van der Waals surface area (Å²) in [5.41, 5.74) is 5.16. The first kappa shape index (κ1) is 11.7. The Kier molecular flexibility index (Phi) is 3.36. The van der Waals surface area contributed by atoms with Gasteiger partial charge in [-0.2, -0.15) is 0 Å². The third-order valence-electron chi connectivity index (χ3n) is 2.37. The van der Waals surface area contributed by atoms with Gasteiger partial charge in [0.05, 0.1) is 5.88 Å². The van der Waals surface area contributed by atoms with Crippen LogP contribution in [-0.4, -0.2) is 5.16 Å². The molecule has 0 fully saturated rings. The Bertz CT molecular complexity index is 501. The van der Waals surface area contributed by atoms with E-state index in [1.807, 2.05) is 0 Å². The smallest absolute Gasteiger partial charge is 0.206 e. The largest absolute Gasteiger partial charge is 0.348 e. The van der Waals surface area contributed by atoms with Crippen molar-refractivity contribution < 1.29 is 4.52 Å². The third kappa shape index (κ3) is 2.15. The van der Waals surface area contributed by atoms with Gasteiger partial charge < -0.3 is 4.52 Å². The molecular formula is C12H11BrClNO. The lowest BCUT2D eigenvalue weighted by Crippen LogP contribution is -1.86. The van der Waals surface area contributed by atoms with Crippen LogP contribution >= 0.6 is 27.5 Å². The fraction of sp³-hybridized carbons (Fsp3) is 0.250. The summed E-state index contributed by atoms with van der Waals surface area (Å²) in [6.45, 7) is 4.12. The van der Waals surface area contributed by atoms with E-state index in [-0.39, 0.29) is 0 Å². The molecule has 0 aliphatic heterocycles. The van der Waals surface area contributed by atoms with Crippen molar-refractivity contribution in [1.29, 1.82) is 0 Å². The van der Waals surface area contributed by atoms with Crippen molar-refractivity contribution in [2.75, 3.05) is 0 Å². The molecule has 2 nitrogen and oxygen atoms in total. The molecule has 0 aliphatic rings. The van der Waals surface area contributed by atoms with E-state index in [1.54, 1.807) is 0 Å². The average molecular weight is 301 g/mol. The second kappa shape index (κ2) is 4.60. The van der Waals surface area contributed by atoms with Gasteiger partial charge in [0, 0.05) is 11.1 Å². The Morgan fingerprint density at radius 1 is 1.25 bits per heavy atom. The molecule has 0 aliphatic carbocycles. The molecule has 0 saturated carbocycles. The van der Waals surface area contributed by atoms with Crippen molar-refractivity contribution in [3.63, 3.8) is 0 Å². The molecule has 0 unspecified atom stereocenters. The van der Waals surface area contributed by atoms with E-state index >= 15 is 0 Å². The van der Waals surface area contributed by atoms with Crippen LogP contribution in [-0.2, 0) is 5.88 Å². The van der Waals surface area contributed by atoms with Gasteiger partial charge in [0.1, 0.15) is 5.69 Å². The summed E-state index contributed by atoms with van der Waals surface area (Å²) < 4.78 is 5.71. The van der Waals surface area contributed by atoms with Gasteiger partial charge in [-0.3, -0.25) is 0 Å². The van der Waals surface area contributed by atoms with Gasteiger partial charge in [-0.1, -0.05) is 22.3 Å². The number of alkyl halides is 1. The molecule has 0 saturated heterocycles. The van der Waals surface area contributed by atoms with Crippen LogP contribution in [0.5, 0.6) is 0 Å². The van der Waals surface area contributed by atoms with E-state index < -0.39 is 0 Å². The molecule has 0 atom stereocenters. The van der Waals surface area contributed by atoms with Crippen LogP contribution in [0.25, 0.3) is 11.3 Å². The number of aromatic nitrogens is 1. The number of hydrogen-bond acceptors (Lipinski definition) is 2. The highest BCUT2D eigenvalue weighted by Crippen LogP contribution is 2.31. The summed E-state index contributed by atoms with van der Waals surface area (Å²) in [5.74, 6) is 0.381. The molecule has 16 heavy (non-hydrogen) atoms. The summed E-state index contributed by atoms with van der Waals surface area (Å²) in [6, 6.07) is 6.28. The first-order valence-electron chi connectivity index (χ1n) is 4.90.